The maximum absolute atomic E-state index is 15.3. The number of benzene rings is 3. The van der Waals surface area contributed by atoms with Crippen LogP contribution in [0.1, 0.15) is 41.1 Å². The van der Waals surface area contributed by atoms with E-state index in [1.54, 1.807) is 72.8 Å². The molecule has 2 fully saturated rings. The molecule has 1 N–H and O–H groups in total. The second-order valence-corrected chi connectivity index (χ2v) is 15.0. The molecule has 14 heteroatoms. The molecule has 4 aromatic rings. The fraction of sp³-hybridized carbons (Fsp3) is 0.279. The second-order valence-electron chi connectivity index (χ2n) is 14.6. The number of anilines is 1. The van der Waals surface area contributed by atoms with Crippen LogP contribution in [0.4, 0.5) is 19.0 Å². The Morgan fingerprint density at radius 1 is 0.895 bits per heavy atom. The van der Waals surface area contributed by atoms with Crippen molar-refractivity contribution in [3.05, 3.63) is 130 Å². The summed E-state index contributed by atoms with van der Waals surface area (Å²) in [6.07, 6.45) is -1.58. The van der Waals surface area contributed by atoms with Crippen molar-refractivity contribution in [3.8, 4) is 17.2 Å². The van der Waals surface area contributed by atoms with E-state index in [1.165, 1.54) is 27.3 Å². The highest BCUT2D eigenvalue weighted by atomic mass is 35.5. The van der Waals surface area contributed by atoms with Gasteiger partial charge >= 0.3 is 6.18 Å². The molecule has 3 aliphatic carbocycles. The summed E-state index contributed by atoms with van der Waals surface area (Å²) in [5.41, 5.74) is -0.472. The quantitative estimate of drug-likeness (QED) is 0.151. The average molecular weight is 798 g/mol. The Balaban J connectivity index is 1.33. The number of halogens is 4. The van der Waals surface area contributed by atoms with Gasteiger partial charge in [0.2, 0.25) is 5.75 Å². The van der Waals surface area contributed by atoms with Crippen LogP contribution < -0.4 is 14.5 Å². The van der Waals surface area contributed by atoms with Crippen molar-refractivity contribution in [2.75, 3.05) is 26.3 Å². The Kier molecular flexibility index (Phi) is 9.26. The molecule has 0 bridgehead atoms. The maximum atomic E-state index is 15.3. The van der Waals surface area contributed by atoms with E-state index in [9.17, 15) is 27.9 Å². The van der Waals surface area contributed by atoms with E-state index >= 15 is 9.59 Å². The molecule has 1 aliphatic heterocycles. The largest absolute Gasteiger partial charge is 0.502 e. The van der Waals surface area contributed by atoms with Crippen LogP contribution in [-0.2, 0) is 30.8 Å². The Hall–Kier alpha value is -5.95. The van der Waals surface area contributed by atoms with Crippen LogP contribution in [0.15, 0.2) is 103 Å². The van der Waals surface area contributed by atoms with Gasteiger partial charge in [-0.1, -0.05) is 83.9 Å². The highest BCUT2D eigenvalue weighted by molar-refractivity contribution is 6.33. The van der Waals surface area contributed by atoms with Gasteiger partial charge in [-0.15, -0.1) is 0 Å². The molecule has 3 aromatic carbocycles. The van der Waals surface area contributed by atoms with Crippen molar-refractivity contribution < 1.29 is 46.9 Å². The van der Waals surface area contributed by atoms with Gasteiger partial charge in [-0.2, -0.15) is 18.2 Å². The molecule has 1 aromatic heterocycles. The van der Waals surface area contributed by atoms with Gasteiger partial charge in [0.15, 0.2) is 28.9 Å². The van der Waals surface area contributed by atoms with Gasteiger partial charge < -0.3 is 14.6 Å². The van der Waals surface area contributed by atoms with Crippen LogP contribution in [0.3, 0.4) is 0 Å². The lowest BCUT2D eigenvalue weighted by Crippen LogP contribution is -2.59. The summed E-state index contributed by atoms with van der Waals surface area (Å²) in [7, 11) is 3.98. The van der Waals surface area contributed by atoms with E-state index in [0.29, 0.717) is 28.3 Å². The number of hydrazine groups is 1. The van der Waals surface area contributed by atoms with Crippen molar-refractivity contribution in [1.82, 2.24) is 9.99 Å². The molecule has 1 saturated heterocycles. The number of ether oxygens (including phenoxy) is 2. The summed E-state index contributed by atoms with van der Waals surface area (Å²) in [4.78, 5) is 63.1. The zero-order valence-corrected chi connectivity index (χ0v) is 31.5. The number of alkyl halides is 3. The number of nitrogens with zero attached hydrogens (tertiary/aromatic N) is 3. The molecular formula is C43H35ClF3N3O7. The van der Waals surface area contributed by atoms with Crippen LogP contribution >= 0.6 is 11.6 Å². The normalized spacial score (nSPS) is 25.6. The number of aromatic nitrogens is 1. The molecule has 1 saturated carbocycles. The number of methoxy groups -OCH3 is 2. The van der Waals surface area contributed by atoms with Crippen molar-refractivity contribution >= 4 is 46.4 Å². The number of phenolic OH excluding ortho intramolecular Hbond substituents is 1. The van der Waals surface area contributed by atoms with Gasteiger partial charge in [-0.25, -0.2) is 4.98 Å². The van der Waals surface area contributed by atoms with Gasteiger partial charge in [0.1, 0.15) is 5.69 Å². The Labute approximate surface area is 330 Å². The van der Waals surface area contributed by atoms with Crippen molar-refractivity contribution in [2.24, 2.45) is 23.7 Å². The molecule has 0 spiro atoms. The van der Waals surface area contributed by atoms with Crippen molar-refractivity contribution in [3.63, 3.8) is 0 Å². The monoisotopic (exact) mass is 797 g/mol. The molecule has 6 unspecified atom stereocenters. The van der Waals surface area contributed by atoms with Gasteiger partial charge in [0.05, 0.1) is 36.5 Å². The summed E-state index contributed by atoms with van der Waals surface area (Å²) >= 11 is 6.33. The Morgan fingerprint density at radius 2 is 1.53 bits per heavy atom. The predicted molar refractivity (Wildman–Crippen MR) is 202 cm³/mol. The Morgan fingerprint density at radius 3 is 2.14 bits per heavy atom. The van der Waals surface area contributed by atoms with E-state index in [-0.39, 0.29) is 52.3 Å². The molecule has 4 aliphatic rings. The van der Waals surface area contributed by atoms with Crippen LogP contribution in [0, 0.1) is 23.7 Å². The molecule has 10 nitrogen and oxygen atoms in total. The number of imide groups is 1. The first-order chi connectivity index (χ1) is 27.2. The molecule has 2 heterocycles. The minimum absolute atomic E-state index is 0.0152. The van der Waals surface area contributed by atoms with Crippen LogP contribution in [0.2, 0.25) is 5.02 Å². The number of phenols is 1. The number of rotatable bonds is 7. The van der Waals surface area contributed by atoms with E-state index in [1.807, 2.05) is 6.08 Å². The number of aromatic hydroxyl groups is 1. The highest BCUT2D eigenvalue weighted by Crippen LogP contribution is 2.64. The zero-order valence-electron chi connectivity index (χ0n) is 30.8. The first-order valence-corrected chi connectivity index (χ1v) is 18.5. The number of amides is 2. The molecule has 292 valence electrons. The minimum Gasteiger partial charge on any atom is -0.502 e. The average Bonchev–Trinajstić information content (AvgIpc) is 3.47. The number of pyridine rings is 1. The summed E-state index contributed by atoms with van der Waals surface area (Å²) in [5, 5.41) is 12.5. The summed E-state index contributed by atoms with van der Waals surface area (Å²) < 4.78 is 52.3. The third-order valence-electron chi connectivity index (χ3n) is 11.9. The van der Waals surface area contributed by atoms with Gasteiger partial charge in [-0.05, 0) is 65.8 Å². The van der Waals surface area contributed by atoms with E-state index < -0.39 is 64.5 Å². The number of carbonyl (C=O) groups is 4. The number of allylic oxidation sites excluding steroid dienone is 4. The fourth-order valence-corrected chi connectivity index (χ4v) is 9.75. The summed E-state index contributed by atoms with van der Waals surface area (Å²) in [5.74, 6) is -7.55. The fourth-order valence-electron chi connectivity index (χ4n) is 9.52. The van der Waals surface area contributed by atoms with Gasteiger partial charge in [-0.3, -0.25) is 24.2 Å². The standard InChI is InChI=1S/C43H35ClF3N3O7/c1-49(39-30(44)16-17-33(48-39)43(45,46)47)50-40(54)26-15-14-25-28(35(26)41(50)55)20-29-37(52)27(22-10-6-4-7-11-22)21-34(51)42(29,24-12-8-5-9-13-24)36(25)23-18-31(56-2)38(53)32(19-23)57-3/h4-14,16-19,21,26,28-29,35-36,53H,15,20H2,1-3H3. The summed E-state index contributed by atoms with van der Waals surface area (Å²) in [6.45, 7) is 0. The number of carbonyl (C=O) groups excluding carboxylic acids is 4. The lowest BCUT2D eigenvalue weighted by atomic mass is 9.44. The molecule has 2 amide bonds. The Bertz CT molecular complexity index is 2380. The topological polar surface area (TPSA) is 126 Å². The smallest absolute Gasteiger partial charge is 0.433 e. The molecular weight excluding hydrogens is 763 g/mol. The minimum atomic E-state index is -4.83. The van der Waals surface area contributed by atoms with Gasteiger partial charge in [0, 0.05) is 24.5 Å². The number of fused-ring (bicyclic) bond motifs is 4. The second kappa shape index (κ2) is 13.9. The number of ketones is 2. The van der Waals surface area contributed by atoms with E-state index in [4.69, 9.17) is 21.1 Å². The predicted octanol–water partition coefficient (Wildman–Crippen LogP) is 7.35. The number of Topliss-reactive ketones (excluding diaryl/α,β-unsaturated/α-hetero) is 1. The zero-order chi connectivity index (χ0) is 40.6. The molecule has 57 heavy (non-hydrogen) atoms. The highest BCUT2D eigenvalue weighted by Gasteiger charge is 2.66. The maximum Gasteiger partial charge on any atom is 0.433 e. The first kappa shape index (κ1) is 37.9. The molecule has 0 radical (unpaired) electrons. The van der Waals surface area contributed by atoms with Gasteiger partial charge in [0.25, 0.3) is 11.8 Å². The van der Waals surface area contributed by atoms with Crippen LogP contribution in [0.5, 0.6) is 17.2 Å². The lowest BCUT2D eigenvalue weighted by Gasteiger charge is -2.55. The number of hydrogen-bond donors (Lipinski definition) is 1. The molecule has 8 rings (SSSR count). The van der Waals surface area contributed by atoms with Crippen molar-refractivity contribution in [1.29, 1.82) is 0 Å². The SMILES string of the molecule is COc1cc(C2C3=CCC4C(=O)N(N(C)c5nc(C(F)(F)F)ccc5Cl)C(=O)C4C3CC3C(=O)C(c4ccccc4)=CC(=O)C32c2ccccc2)cc(OC)c1O. The van der Waals surface area contributed by atoms with Crippen molar-refractivity contribution in [2.45, 2.75) is 30.4 Å². The summed E-state index contributed by atoms with van der Waals surface area (Å²) in [6, 6.07) is 22.6. The third-order valence-corrected chi connectivity index (χ3v) is 12.2. The number of hydrogen-bond acceptors (Lipinski definition) is 9. The first-order valence-electron chi connectivity index (χ1n) is 18.1. The van der Waals surface area contributed by atoms with E-state index in [2.05, 4.69) is 4.98 Å². The molecule has 6 atom stereocenters. The lowest BCUT2D eigenvalue weighted by molar-refractivity contribution is -0.141. The third kappa shape index (κ3) is 5.73. The van der Waals surface area contributed by atoms with Crippen LogP contribution in [0.25, 0.3) is 5.57 Å². The van der Waals surface area contributed by atoms with Crippen LogP contribution in [-0.4, -0.2) is 59.7 Å². The van der Waals surface area contributed by atoms with E-state index in [0.717, 1.165) is 16.1 Å².